The van der Waals surface area contributed by atoms with Gasteiger partial charge in [0.15, 0.2) is 0 Å². The largest absolute Gasteiger partial charge is 0.492 e. The summed E-state index contributed by atoms with van der Waals surface area (Å²) in [5, 5.41) is 2.77. The van der Waals surface area contributed by atoms with Gasteiger partial charge in [0.25, 0.3) is 0 Å². The molecule has 27 heavy (non-hydrogen) atoms. The molecule has 0 aliphatic carbocycles. The summed E-state index contributed by atoms with van der Waals surface area (Å²) in [4.78, 5) is 13.8. The molecule has 2 rings (SSSR count). The Kier molecular flexibility index (Phi) is 7.25. The third-order valence-corrected chi connectivity index (χ3v) is 3.78. The molecule has 0 radical (unpaired) electrons. The molecular weight excluding hydrogens is 340 g/mol. The molecule has 2 aromatic rings. The van der Waals surface area contributed by atoms with Crippen molar-refractivity contribution in [1.29, 1.82) is 0 Å². The minimum absolute atomic E-state index is 0.406. The average molecular weight is 370 g/mol. The fourth-order valence-corrected chi connectivity index (χ4v) is 2.39. The number of rotatable bonds is 7. The van der Waals surface area contributed by atoms with Crippen LogP contribution in [0.5, 0.6) is 5.75 Å². The van der Waals surface area contributed by atoms with E-state index in [-0.39, 0.29) is 0 Å². The topological polar surface area (TPSA) is 50.8 Å². The molecule has 0 fully saturated rings. The van der Waals surface area contributed by atoms with Crippen molar-refractivity contribution in [1.82, 2.24) is 10.2 Å². The maximum absolute atomic E-state index is 11.7. The van der Waals surface area contributed by atoms with E-state index in [0.717, 1.165) is 29.0 Å². The van der Waals surface area contributed by atoms with Crippen LogP contribution in [0.25, 0.3) is 11.1 Å². The maximum Gasteiger partial charge on any atom is 0.407 e. The normalized spacial score (nSPS) is 11.3. The molecule has 1 N–H and O–H groups in total. The van der Waals surface area contributed by atoms with Gasteiger partial charge >= 0.3 is 6.09 Å². The molecule has 2 aromatic carbocycles. The number of nitrogens with one attached hydrogen (secondary N) is 1. The first-order valence-corrected chi connectivity index (χ1v) is 9.17. The molecule has 0 spiro atoms. The van der Waals surface area contributed by atoms with Crippen LogP contribution in [0.1, 0.15) is 26.3 Å². The number of hydrogen-bond acceptors (Lipinski definition) is 4. The van der Waals surface area contributed by atoms with E-state index in [1.54, 1.807) is 0 Å². The predicted molar refractivity (Wildman–Crippen MR) is 109 cm³/mol. The lowest BCUT2D eigenvalue weighted by Crippen LogP contribution is -2.32. The van der Waals surface area contributed by atoms with Gasteiger partial charge in [0, 0.05) is 13.1 Å². The van der Waals surface area contributed by atoms with E-state index in [1.807, 2.05) is 71.3 Å². The van der Waals surface area contributed by atoms with Crippen LogP contribution < -0.4 is 10.1 Å². The van der Waals surface area contributed by atoms with Crippen molar-refractivity contribution in [2.24, 2.45) is 0 Å². The Morgan fingerprint density at radius 1 is 0.963 bits per heavy atom. The van der Waals surface area contributed by atoms with Crippen molar-refractivity contribution < 1.29 is 14.3 Å². The second-order valence-corrected chi connectivity index (χ2v) is 7.73. The summed E-state index contributed by atoms with van der Waals surface area (Å²) in [7, 11) is 4.05. The number of likely N-dealkylation sites (N-methyl/N-ethyl adjacent to an activating group) is 1. The highest BCUT2D eigenvalue weighted by Gasteiger charge is 2.15. The number of benzene rings is 2. The lowest BCUT2D eigenvalue weighted by molar-refractivity contribution is 0.0523. The zero-order valence-electron chi connectivity index (χ0n) is 16.9. The Morgan fingerprint density at radius 3 is 2.04 bits per heavy atom. The molecule has 5 nitrogen and oxygen atoms in total. The first-order valence-electron chi connectivity index (χ1n) is 9.17. The van der Waals surface area contributed by atoms with Crippen LogP contribution in [-0.2, 0) is 11.3 Å². The van der Waals surface area contributed by atoms with Gasteiger partial charge in [-0.3, -0.25) is 0 Å². The highest BCUT2D eigenvalue weighted by Crippen LogP contribution is 2.23. The molecular formula is C22H30N2O3. The summed E-state index contributed by atoms with van der Waals surface area (Å²) in [6, 6.07) is 16.2. The quantitative estimate of drug-likeness (QED) is 0.789. The Morgan fingerprint density at radius 2 is 1.52 bits per heavy atom. The van der Waals surface area contributed by atoms with Gasteiger partial charge in [0.05, 0.1) is 0 Å². The van der Waals surface area contributed by atoms with Gasteiger partial charge in [-0.15, -0.1) is 0 Å². The molecule has 0 aromatic heterocycles. The van der Waals surface area contributed by atoms with Gasteiger partial charge in [0.2, 0.25) is 0 Å². The standard InChI is InChI=1S/C22H30N2O3/c1-22(2,3)27-21(25)23-16-17-6-8-18(9-7-17)19-10-12-20(13-11-19)26-15-14-24(4)5/h6-13H,14-16H2,1-5H3,(H,23,25). The Labute approximate surface area is 162 Å². The molecule has 0 bridgehead atoms. The number of nitrogens with zero attached hydrogens (tertiary/aromatic N) is 1. The van der Waals surface area contributed by atoms with Gasteiger partial charge < -0.3 is 19.7 Å². The van der Waals surface area contributed by atoms with Gasteiger partial charge in [-0.2, -0.15) is 0 Å². The van der Waals surface area contributed by atoms with Crippen molar-refractivity contribution in [3.63, 3.8) is 0 Å². The zero-order chi connectivity index (χ0) is 19.9. The molecule has 5 heteroatoms. The number of alkyl carbamates (subject to hydrolysis) is 1. The molecule has 0 saturated heterocycles. The van der Waals surface area contributed by atoms with E-state index in [9.17, 15) is 4.79 Å². The summed E-state index contributed by atoms with van der Waals surface area (Å²) in [6.07, 6.45) is -0.406. The fraction of sp³-hybridized carbons (Fsp3) is 0.409. The fourth-order valence-electron chi connectivity index (χ4n) is 2.39. The minimum Gasteiger partial charge on any atom is -0.492 e. The van der Waals surface area contributed by atoms with Crippen LogP contribution >= 0.6 is 0 Å². The highest BCUT2D eigenvalue weighted by molar-refractivity contribution is 5.68. The van der Waals surface area contributed by atoms with Gasteiger partial charge in [0.1, 0.15) is 18.0 Å². The van der Waals surface area contributed by atoms with Crippen molar-refractivity contribution in [2.75, 3.05) is 27.2 Å². The van der Waals surface area contributed by atoms with Crippen molar-refractivity contribution >= 4 is 6.09 Å². The molecule has 0 saturated carbocycles. The van der Waals surface area contributed by atoms with Crippen molar-refractivity contribution in [2.45, 2.75) is 32.9 Å². The first kappa shape index (κ1) is 20.8. The Bertz CT molecular complexity index is 717. The van der Waals surface area contributed by atoms with Crippen LogP contribution in [0.2, 0.25) is 0 Å². The monoisotopic (exact) mass is 370 g/mol. The summed E-state index contributed by atoms with van der Waals surface area (Å²) < 4.78 is 11.0. The van der Waals surface area contributed by atoms with Crippen LogP contribution in [0, 0.1) is 0 Å². The maximum atomic E-state index is 11.7. The molecule has 0 heterocycles. The lowest BCUT2D eigenvalue weighted by Gasteiger charge is -2.19. The van der Waals surface area contributed by atoms with Crippen molar-refractivity contribution in [3.05, 3.63) is 54.1 Å². The zero-order valence-corrected chi connectivity index (χ0v) is 16.9. The van der Waals surface area contributed by atoms with Gasteiger partial charge in [-0.1, -0.05) is 36.4 Å². The molecule has 0 unspecified atom stereocenters. The summed E-state index contributed by atoms with van der Waals surface area (Å²) in [5.41, 5.74) is 2.78. The van der Waals surface area contributed by atoms with E-state index in [4.69, 9.17) is 9.47 Å². The van der Waals surface area contributed by atoms with Crippen molar-refractivity contribution in [3.8, 4) is 16.9 Å². The highest BCUT2D eigenvalue weighted by atomic mass is 16.6. The van der Waals surface area contributed by atoms with Gasteiger partial charge in [-0.25, -0.2) is 4.79 Å². The number of carbonyl (C=O) groups is 1. The molecule has 0 aliphatic rings. The summed E-state index contributed by atoms with van der Waals surface area (Å²) in [6.45, 7) is 7.54. The summed E-state index contributed by atoms with van der Waals surface area (Å²) >= 11 is 0. The van der Waals surface area contributed by atoms with Crippen LogP contribution in [0.15, 0.2) is 48.5 Å². The summed E-state index contributed by atoms with van der Waals surface area (Å²) in [5.74, 6) is 0.874. The Balaban J connectivity index is 1.88. The van der Waals surface area contributed by atoms with E-state index in [2.05, 4.69) is 22.3 Å². The molecule has 146 valence electrons. The van der Waals surface area contributed by atoms with E-state index >= 15 is 0 Å². The number of amides is 1. The second kappa shape index (κ2) is 9.42. The Hall–Kier alpha value is -2.53. The third kappa shape index (κ3) is 7.71. The SMILES string of the molecule is CN(C)CCOc1ccc(-c2ccc(CNC(=O)OC(C)(C)C)cc2)cc1. The molecule has 0 atom stereocenters. The van der Waals surface area contributed by atoms with E-state index < -0.39 is 11.7 Å². The second-order valence-electron chi connectivity index (χ2n) is 7.73. The number of carbonyl (C=O) groups excluding carboxylic acids is 1. The van der Waals surface area contributed by atoms with E-state index in [1.165, 1.54) is 0 Å². The number of ether oxygens (including phenoxy) is 2. The smallest absolute Gasteiger partial charge is 0.407 e. The first-order chi connectivity index (χ1) is 12.7. The molecule has 1 amide bonds. The van der Waals surface area contributed by atoms with Crippen LogP contribution in [-0.4, -0.2) is 43.8 Å². The lowest BCUT2D eigenvalue weighted by atomic mass is 10.0. The van der Waals surface area contributed by atoms with Gasteiger partial charge in [-0.05, 0) is 63.7 Å². The predicted octanol–water partition coefficient (Wildman–Crippen LogP) is 4.32. The van der Waals surface area contributed by atoms with Crippen LogP contribution in [0.4, 0.5) is 4.79 Å². The average Bonchev–Trinajstić information content (AvgIpc) is 2.59. The minimum atomic E-state index is -0.490. The van der Waals surface area contributed by atoms with Crippen LogP contribution in [0.3, 0.4) is 0 Å². The molecule has 0 aliphatic heterocycles. The van der Waals surface area contributed by atoms with E-state index in [0.29, 0.717) is 13.2 Å². The third-order valence-electron chi connectivity index (χ3n) is 3.78. The number of hydrogen-bond donors (Lipinski definition) is 1.